The van der Waals surface area contributed by atoms with Gasteiger partial charge in [0.1, 0.15) is 11.4 Å². The first-order chi connectivity index (χ1) is 14.2. The van der Waals surface area contributed by atoms with Gasteiger partial charge in [-0.15, -0.1) is 24.0 Å². The first kappa shape index (κ1) is 25.7. The number of rotatable bonds is 5. The maximum absolute atomic E-state index is 12.6. The van der Waals surface area contributed by atoms with Crippen molar-refractivity contribution in [2.45, 2.75) is 97.4 Å². The lowest BCUT2D eigenvalue weighted by Crippen LogP contribution is -2.55. The fourth-order valence-corrected chi connectivity index (χ4v) is 4.56. The van der Waals surface area contributed by atoms with Gasteiger partial charge in [-0.05, 0) is 73.6 Å². The zero-order valence-corrected chi connectivity index (χ0v) is 22.0. The lowest BCUT2D eigenvalue weighted by Gasteiger charge is -2.40. The van der Waals surface area contributed by atoms with Gasteiger partial charge in [0.2, 0.25) is 0 Å². The average molecular weight is 547 g/mol. The number of hydrogen-bond donors (Lipinski definition) is 2. The van der Waals surface area contributed by atoms with Gasteiger partial charge in [-0.2, -0.15) is 0 Å². The Kier molecular flexibility index (Phi) is 9.03. The van der Waals surface area contributed by atoms with Crippen LogP contribution in [-0.2, 0) is 11.2 Å². The molecule has 2 saturated heterocycles. The molecule has 2 fully saturated rings. The topological polar surface area (TPSA) is 92.0 Å². The van der Waals surface area contributed by atoms with E-state index in [0.717, 1.165) is 61.6 Å². The minimum absolute atomic E-state index is 0. The molecular formula is C22H38IN5O3. The minimum Gasteiger partial charge on any atom is -0.444 e. The molecule has 3 heterocycles. The molecule has 1 amide bonds. The highest BCUT2D eigenvalue weighted by molar-refractivity contribution is 14.0. The molecule has 176 valence electrons. The molecule has 2 bridgehead atoms. The molecule has 9 heteroatoms. The van der Waals surface area contributed by atoms with Crippen molar-refractivity contribution in [1.82, 2.24) is 20.7 Å². The molecule has 0 aliphatic carbocycles. The van der Waals surface area contributed by atoms with Gasteiger partial charge >= 0.3 is 6.09 Å². The third kappa shape index (κ3) is 6.73. The Morgan fingerprint density at radius 2 is 1.90 bits per heavy atom. The summed E-state index contributed by atoms with van der Waals surface area (Å²) in [4.78, 5) is 19.4. The van der Waals surface area contributed by atoms with E-state index in [0.29, 0.717) is 12.6 Å². The van der Waals surface area contributed by atoms with Crippen molar-refractivity contribution in [3.8, 4) is 0 Å². The van der Waals surface area contributed by atoms with Gasteiger partial charge in [0.05, 0.1) is 5.69 Å². The van der Waals surface area contributed by atoms with Crippen LogP contribution in [-0.4, -0.2) is 58.9 Å². The lowest BCUT2D eigenvalue weighted by molar-refractivity contribution is 0.00545. The van der Waals surface area contributed by atoms with Gasteiger partial charge in [0.25, 0.3) is 0 Å². The van der Waals surface area contributed by atoms with Crippen molar-refractivity contribution in [1.29, 1.82) is 0 Å². The smallest absolute Gasteiger partial charge is 0.410 e. The molecule has 2 aliphatic heterocycles. The molecule has 3 rings (SSSR count). The molecule has 2 aliphatic rings. The second-order valence-corrected chi connectivity index (χ2v) is 9.40. The summed E-state index contributed by atoms with van der Waals surface area (Å²) in [5, 5.41) is 11.0. The molecule has 1 aromatic rings. The largest absolute Gasteiger partial charge is 0.444 e. The summed E-state index contributed by atoms with van der Waals surface area (Å²) >= 11 is 0. The van der Waals surface area contributed by atoms with Crippen LogP contribution in [0.4, 0.5) is 4.79 Å². The van der Waals surface area contributed by atoms with Crippen LogP contribution < -0.4 is 10.6 Å². The van der Waals surface area contributed by atoms with Gasteiger partial charge in [0.15, 0.2) is 5.96 Å². The van der Waals surface area contributed by atoms with E-state index in [1.54, 1.807) is 0 Å². The van der Waals surface area contributed by atoms with Crippen molar-refractivity contribution in [2.75, 3.05) is 13.1 Å². The van der Waals surface area contributed by atoms with E-state index in [9.17, 15) is 4.79 Å². The van der Waals surface area contributed by atoms with Crippen LogP contribution in [0.1, 0.15) is 70.4 Å². The SMILES string of the molecule is CCNC(=NCCc1c(C)noc1C)NC1CC2CCC(C1)N2C(=O)OC(C)(C)C.I. The number of carbonyl (C=O) groups is 1. The van der Waals surface area contributed by atoms with Gasteiger partial charge in [-0.3, -0.25) is 4.99 Å². The number of piperidine rings is 1. The van der Waals surface area contributed by atoms with Crippen molar-refractivity contribution < 1.29 is 14.1 Å². The average Bonchev–Trinajstić information content (AvgIpc) is 3.11. The summed E-state index contributed by atoms with van der Waals surface area (Å²) in [7, 11) is 0. The third-order valence-corrected chi connectivity index (χ3v) is 5.84. The number of aromatic nitrogens is 1. The minimum atomic E-state index is -0.461. The molecule has 1 aromatic heterocycles. The highest BCUT2D eigenvalue weighted by Gasteiger charge is 2.45. The van der Waals surface area contributed by atoms with E-state index in [1.165, 1.54) is 0 Å². The van der Waals surface area contributed by atoms with E-state index in [-0.39, 0.29) is 42.2 Å². The number of amides is 1. The fourth-order valence-electron chi connectivity index (χ4n) is 4.56. The Hall–Kier alpha value is -1.52. The molecule has 31 heavy (non-hydrogen) atoms. The summed E-state index contributed by atoms with van der Waals surface area (Å²) in [5.41, 5.74) is 1.61. The quantitative estimate of drug-likeness (QED) is 0.330. The Morgan fingerprint density at radius 3 is 2.42 bits per heavy atom. The number of carbonyl (C=O) groups excluding carboxylic acids is 1. The van der Waals surface area contributed by atoms with Crippen molar-refractivity contribution in [3.63, 3.8) is 0 Å². The maximum Gasteiger partial charge on any atom is 0.410 e. The van der Waals surface area contributed by atoms with Crippen LogP contribution in [0, 0.1) is 13.8 Å². The standard InChI is InChI=1S/C22H37N5O3.HI/c1-7-23-20(24-11-10-19-14(2)26-30-15(19)3)25-16-12-17-8-9-18(13-16)27(17)21(28)29-22(4,5)6;/h16-18H,7-13H2,1-6H3,(H2,23,24,25);1H. The van der Waals surface area contributed by atoms with Crippen LogP contribution in [0.2, 0.25) is 0 Å². The van der Waals surface area contributed by atoms with Crippen LogP contribution >= 0.6 is 24.0 Å². The van der Waals surface area contributed by atoms with Gasteiger partial charge in [-0.1, -0.05) is 5.16 Å². The second kappa shape index (κ2) is 10.9. The molecule has 0 aromatic carbocycles. The summed E-state index contributed by atoms with van der Waals surface area (Å²) in [6.07, 6.45) is 4.56. The molecule has 8 nitrogen and oxygen atoms in total. The summed E-state index contributed by atoms with van der Waals surface area (Å²) in [5.74, 6) is 1.70. The molecule has 0 spiro atoms. The van der Waals surface area contributed by atoms with E-state index in [2.05, 4.69) is 22.7 Å². The Morgan fingerprint density at radius 1 is 1.26 bits per heavy atom. The van der Waals surface area contributed by atoms with E-state index in [1.807, 2.05) is 39.5 Å². The van der Waals surface area contributed by atoms with Gasteiger partial charge < -0.3 is 24.8 Å². The highest BCUT2D eigenvalue weighted by atomic mass is 127. The van der Waals surface area contributed by atoms with Crippen LogP contribution in [0.5, 0.6) is 0 Å². The third-order valence-electron chi connectivity index (χ3n) is 5.84. The lowest BCUT2D eigenvalue weighted by atomic mass is 9.98. The van der Waals surface area contributed by atoms with E-state index < -0.39 is 5.60 Å². The first-order valence-corrected chi connectivity index (χ1v) is 11.2. The zero-order chi connectivity index (χ0) is 21.9. The normalized spacial score (nSPS) is 23.4. The number of hydrogen-bond acceptors (Lipinski definition) is 5. The number of fused-ring (bicyclic) bond motifs is 2. The Bertz CT molecular complexity index is 740. The predicted octanol–water partition coefficient (Wildman–Crippen LogP) is 3.94. The van der Waals surface area contributed by atoms with Gasteiger partial charge in [0, 0.05) is 36.8 Å². The van der Waals surface area contributed by atoms with Crippen molar-refractivity contribution in [3.05, 3.63) is 17.0 Å². The second-order valence-electron chi connectivity index (χ2n) is 9.40. The van der Waals surface area contributed by atoms with Crippen LogP contribution in [0.15, 0.2) is 9.52 Å². The number of nitrogens with zero attached hydrogens (tertiary/aromatic N) is 3. The van der Waals surface area contributed by atoms with E-state index in [4.69, 9.17) is 14.3 Å². The summed E-state index contributed by atoms with van der Waals surface area (Å²) in [6, 6.07) is 0.778. The van der Waals surface area contributed by atoms with E-state index >= 15 is 0 Å². The zero-order valence-electron chi connectivity index (χ0n) is 19.7. The molecule has 2 atom stereocenters. The Balaban J connectivity index is 0.00000341. The molecular weight excluding hydrogens is 509 g/mol. The number of aliphatic imine (C=N–C) groups is 1. The summed E-state index contributed by atoms with van der Waals surface area (Å²) < 4.78 is 10.9. The first-order valence-electron chi connectivity index (χ1n) is 11.2. The number of aryl methyl sites for hydroxylation is 2. The fraction of sp³-hybridized carbons (Fsp3) is 0.773. The number of nitrogens with one attached hydrogen (secondary N) is 2. The van der Waals surface area contributed by atoms with Gasteiger partial charge in [-0.25, -0.2) is 4.79 Å². The monoisotopic (exact) mass is 547 g/mol. The maximum atomic E-state index is 12.6. The molecule has 0 saturated carbocycles. The number of halogens is 1. The van der Waals surface area contributed by atoms with Crippen molar-refractivity contribution >= 4 is 36.0 Å². The Labute approximate surface area is 202 Å². The number of ether oxygens (including phenoxy) is 1. The van der Waals surface area contributed by atoms with Crippen LogP contribution in [0.25, 0.3) is 0 Å². The highest BCUT2D eigenvalue weighted by Crippen LogP contribution is 2.36. The van der Waals surface area contributed by atoms with Crippen molar-refractivity contribution in [2.24, 2.45) is 4.99 Å². The predicted molar refractivity (Wildman–Crippen MR) is 132 cm³/mol. The van der Waals surface area contributed by atoms with Crippen LogP contribution in [0.3, 0.4) is 0 Å². The summed E-state index contributed by atoms with van der Waals surface area (Å²) in [6.45, 7) is 13.2. The molecule has 2 unspecified atom stereocenters. The number of guanidine groups is 1. The molecule has 0 radical (unpaired) electrons. The molecule has 2 N–H and O–H groups in total.